The van der Waals surface area contributed by atoms with Crippen molar-refractivity contribution in [2.75, 3.05) is 13.6 Å². The molecule has 0 aliphatic heterocycles. The van der Waals surface area contributed by atoms with Crippen LogP contribution in [0.5, 0.6) is 5.75 Å². The Morgan fingerprint density at radius 2 is 2.31 bits per heavy atom. The van der Waals surface area contributed by atoms with E-state index in [0.29, 0.717) is 5.56 Å². The van der Waals surface area contributed by atoms with Gasteiger partial charge in [-0.15, -0.1) is 0 Å². The van der Waals surface area contributed by atoms with Gasteiger partial charge in [0.2, 0.25) is 5.75 Å². The van der Waals surface area contributed by atoms with E-state index in [2.05, 4.69) is 5.32 Å². The SMILES string of the molecule is CNCCC=Cc1cccc([N+](=O)[O-])c1O. The highest BCUT2D eigenvalue weighted by molar-refractivity contribution is 5.63. The minimum Gasteiger partial charge on any atom is -0.502 e. The van der Waals surface area contributed by atoms with Gasteiger partial charge in [0.15, 0.2) is 0 Å². The molecule has 5 nitrogen and oxygen atoms in total. The molecule has 0 aliphatic rings. The van der Waals surface area contributed by atoms with E-state index in [4.69, 9.17) is 0 Å². The van der Waals surface area contributed by atoms with Crippen LogP contribution in [0.2, 0.25) is 0 Å². The smallest absolute Gasteiger partial charge is 0.311 e. The molecule has 0 aromatic heterocycles. The van der Waals surface area contributed by atoms with Crippen molar-refractivity contribution in [2.24, 2.45) is 0 Å². The van der Waals surface area contributed by atoms with Gasteiger partial charge in [0.25, 0.3) is 0 Å². The largest absolute Gasteiger partial charge is 0.502 e. The lowest BCUT2D eigenvalue weighted by Gasteiger charge is -1.99. The van der Waals surface area contributed by atoms with Crippen LogP contribution in [-0.2, 0) is 0 Å². The van der Waals surface area contributed by atoms with Crippen molar-refractivity contribution in [3.8, 4) is 5.75 Å². The van der Waals surface area contributed by atoms with Gasteiger partial charge in [-0.25, -0.2) is 0 Å². The summed E-state index contributed by atoms with van der Waals surface area (Å²) in [5, 5.41) is 23.1. The molecule has 0 spiro atoms. The second-order valence-corrected chi connectivity index (χ2v) is 3.27. The zero-order valence-electron chi connectivity index (χ0n) is 9.01. The first-order valence-corrected chi connectivity index (χ1v) is 4.94. The molecule has 2 N–H and O–H groups in total. The Bertz CT molecular complexity index is 402. The van der Waals surface area contributed by atoms with Crippen molar-refractivity contribution in [3.05, 3.63) is 40.0 Å². The Balaban J connectivity index is 2.85. The van der Waals surface area contributed by atoms with Gasteiger partial charge in [0.05, 0.1) is 4.92 Å². The van der Waals surface area contributed by atoms with Gasteiger partial charge in [0, 0.05) is 11.6 Å². The molecule has 0 saturated carbocycles. The van der Waals surface area contributed by atoms with Crippen LogP contribution >= 0.6 is 0 Å². The van der Waals surface area contributed by atoms with Crippen molar-refractivity contribution in [2.45, 2.75) is 6.42 Å². The number of para-hydroxylation sites is 1. The van der Waals surface area contributed by atoms with Crippen molar-refractivity contribution in [1.82, 2.24) is 5.32 Å². The normalized spacial score (nSPS) is 10.8. The maximum absolute atomic E-state index is 10.6. The lowest BCUT2D eigenvalue weighted by atomic mass is 10.1. The molecule has 1 aromatic rings. The number of aromatic hydroxyl groups is 1. The molecule has 0 heterocycles. The van der Waals surface area contributed by atoms with E-state index in [0.717, 1.165) is 13.0 Å². The van der Waals surface area contributed by atoms with Crippen LogP contribution in [-0.4, -0.2) is 23.6 Å². The predicted octanol–water partition coefficient (Wildman–Crippen LogP) is 1.92. The van der Waals surface area contributed by atoms with Gasteiger partial charge in [-0.05, 0) is 20.0 Å². The minimum atomic E-state index is -0.597. The lowest BCUT2D eigenvalue weighted by Crippen LogP contribution is -2.05. The third-order valence-corrected chi connectivity index (χ3v) is 2.10. The van der Waals surface area contributed by atoms with Crippen LogP contribution in [0, 0.1) is 10.1 Å². The minimum absolute atomic E-state index is 0.268. The maximum atomic E-state index is 10.6. The number of nitrogens with one attached hydrogen (secondary N) is 1. The number of hydrogen-bond acceptors (Lipinski definition) is 4. The van der Waals surface area contributed by atoms with Crippen molar-refractivity contribution < 1.29 is 10.0 Å². The summed E-state index contributed by atoms with van der Waals surface area (Å²) in [4.78, 5) is 9.96. The number of hydrogen-bond donors (Lipinski definition) is 2. The number of nitrogens with zero attached hydrogens (tertiary/aromatic N) is 1. The molecule has 1 rings (SSSR count). The first-order chi connectivity index (χ1) is 7.66. The summed E-state index contributed by atoms with van der Waals surface area (Å²) >= 11 is 0. The maximum Gasteiger partial charge on any atom is 0.311 e. The fourth-order valence-electron chi connectivity index (χ4n) is 1.27. The molecule has 0 atom stereocenters. The van der Waals surface area contributed by atoms with E-state index < -0.39 is 4.92 Å². The van der Waals surface area contributed by atoms with Crippen molar-refractivity contribution in [1.29, 1.82) is 0 Å². The monoisotopic (exact) mass is 222 g/mol. The highest BCUT2D eigenvalue weighted by Crippen LogP contribution is 2.29. The molecule has 16 heavy (non-hydrogen) atoms. The van der Waals surface area contributed by atoms with E-state index in [1.807, 2.05) is 13.1 Å². The molecule has 0 bridgehead atoms. The van der Waals surface area contributed by atoms with E-state index in [-0.39, 0.29) is 11.4 Å². The van der Waals surface area contributed by atoms with Gasteiger partial charge in [-0.3, -0.25) is 10.1 Å². The number of rotatable bonds is 5. The summed E-state index contributed by atoms with van der Waals surface area (Å²) < 4.78 is 0. The molecule has 0 amide bonds. The molecule has 0 aliphatic carbocycles. The Hall–Kier alpha value is -1.88. The van der Waals surface area contributed by atoms with Gasteiger partial charge in [-0.2, -0.15) is 0 Å². The lowest BCUT2D eigenvalue weighted by molar-refractivity contribution is -0.385. The highest BCUT2D eigenvalue weighted by Gasteiger charge is 2.14. The molecule has 1 aromatic carbocycles. The molecule has 5 heteroatoms. The first-order valence-electron chi connectivity index (χ1n) is 4.94. The van der Waals surface area contributed by atoms with E-state index in [9.17, 15) is 15.2 Å². The third-order valence-electron chi connectivity index (χ3n) is 2.10. The Morgan fingerprint density at radius 1 is 1.56 bits per heavy atom. The Kier molecular flexibility index (Phi) is 4.47. The van der Waals surface area contributed by atoms with Gasteiger partial charge in [0.1, 0.15) is 0 Å². The fraction of sp³-hybridized carbons (Fsp3) is 0.273. The number of nitro groups is 1. The van der Waals surface area contributed by atoms with Crippen LogP contribution < -0.4 is 5.32 Å². The highest BCUT2D eigenvalue weighted by atomic mass is 16.6. The number of phenolic OH excluding ortho intramolecular Hbond substituents is 1. The van der Waals surface area contributed by atoms with Crippen LogP contribution in [0.15, 0.2) is 24.3 Å². The zero-order chi connectivity index (χ0) is 12.0. The first kappa shape index (κ1) is 12.2. The van der Waals surface area contributed by atoms with Crippen LogP contribution in [0.1, 0.15) is 12.0 Å². The van der Waals surface area contributed by atoms with Crippen LogP contribution in [0.4, 0.5) is 5.69 Å². The Morgan fingerprint density at radius 3 is 2.94 bits per heavy atom. The third kappa shape index (κ3) is 3.06. The van der Waals surface area contributed by atoms with Crippen LogP contribution in [0.3, 0.4) is 0 Å². The number of nitro benzene ring substituents is 1. The predicted molar refractivity (Wildman–Crippen MR) is 62.3 cm³/mol. The number of phenols is 1. The fourth-order valence-corrected chi connectivity index (χ4v) is 1.27. The number of benzene rings is 1. The second kappa shape index (κ2) is 5.87. The summed E-state index contributed by atoms with van der Waals surface area (Å²) in [7, 11) is 1.85. The summed E-state index contributed by atoms with van der Waals surface area (Å²) in [6.45, 7) is 0.826. The Labute approximate surface area is 93.6 Å². The van der Waals surface area contributed by atoms with Crippen molar-refractivity contribution in [3.63, 3.8) is 0 Å². The van der Waals surface area contributed by atoms with Gasteiger partial charge in [-0.1, -0.05) is 24.3 Å². The zero-order valence-corrected chi connectivity index (χ0v) is 9.01. The summed E-state index contributed by atoms with van der Waals surface area (Å²) in [6, 6.07) is 4.47. The van der Waals surface area contributed by atoms with Crippen LogP contribution in [0.25, 0.3) is 6.08 Å². The molecular weight excluding hydrogens is 208 g/mol. The summed E-state index contributed by atoms with van der Waals surface area (Å²) in [5.41, 5.74) is 0.195. The molecule has 0 fully saturated rings. The van der Waals surface area contributed by atoms with E-state index >= 15 is 0 Å². The van der Waals surface area contributed by atoms with Crippen molar-refractivity contribution >= 4 is 11.8 Å². The summed E-state index contributed by atoms with van der Waals surface area (Å²) in [6.07, 6.45) is 4.34. The van der Waals surface area contributed by atoms with Gasteiger partial charge < -0.3 is 10.4 Å². The second-order valence-electron chi connectivity index (χ2n) is 3.27. The van der Waals surface area contributed by atoms with E-state index in [1.54, 1.807) is 18.2 Å². The average molecular weight is 222 g/mol. The average Bonchev–Trinajstić information content (AvgIpc) is 2.26. The standard InChI is InChI=1S/C11H14N2O3/c1-12-8-3-2-5-9-6-4-7-10(11(9)14)13(15)16/h2,4-7,12,14H,3,8H2,1H3. The topological polar surface area (TPSA) is 75.4 Å². The van der Waals surface area contributed by atoms with Gasteiger partial charge >= 0.3 is 5.69 Å². The summed E-state index contributed by atoms with van der Waals surface area (Å²) in [5.74, 6) is -0.284. The molecular formula is C11H14N2O3. The quantitative estimate of drug-likeness (QED) is 0.453. The molecule has 0 unspecified atom stereocenters. The van der Waals surface area contributed by atoms with E-state index in [1.165, 1.54) is 6.07 Å². The molecule has 86 valence electrons. The molecule has 0 radical (unpaired) electrons. The molecule has 0 saturated heterocycles.